The summed E-state index contributed by atoms with van der Waals surface area (Å²) < 4.78 is 1.22. The van der Waals surface area contributed by atoms with Gasteiger partial charge in [-0.25, -0.2) is 4.98 Å². The Kier molecular flexibility index (Phi) is 6.25. The van der Waals surface area contributed by atoms with E-state index in [0.29, 0.717) is 41.9 Å². The molecule has 0 saturated carbocycles. The Morgan fingerprint density at radius 3 is 2.50 bits per heavy atom. The molecule has 9 heteroatoms. The van der Waals surface area contributed by atoms with Crippen LogP contribution < -0.4 is 10.9 Å². The summed E-state index contributed by atoms with van der Waals surface area (Å²) in [6, 6.07) is 14.0. The number of carbonyl (C=O) groups is 2. The third-order valence-corrected chi connectivity index (χ3v) is 6.06. The van der Waals surface area contributed by atoms with Crippen molar-refractivity contribution in [2.45, 2.75) is 25.0 Å². The fourth-order valence-electron chi connectivity index (χ4n) is 3.89. The van der Waals surface area contributed by atoms with Crippen molar-refractivity contribution in [1.82, 2.24) is 19.8 Å². The highest BCUT2D eigenvalue weighted by Gasteiger charge is 2.35. The van der Waals surface area contributed by atoms with Gasteiger partial charge in [0, 0.05) is 18.1 Å². The van der Waals surface area contributed by atoms with Gasteiger partial charge in [-0.2, -0.15) is 0 Å². The number of hydrogen-bond acceptors (Lipinski definition) is 5. The molecule has 2 heterocycles. The number of rotatable bonds is 5. The Morgan fingerprint density at radius 1 is 1.09 bits per heavy atom. The van der Waals surface area contributed by atoms with Crippen LogP contribution in [0.15, 0.2) is 59.7 Å². The summed E-state index contributed by atoms with van der Waals surface area (Å²) in [5, 5.41) is 14.5. The number of likely N-dealkylation sites (tertiary alicyclic amines) is 1. The number of nitrogens with one attached hydrogen (secondary N) is 1. The molecule has 2 aromatic carbocycles. The first-order valence-electron chi connectivity index (χ1n) is 10.3. The molecule has 1 aliphatic heterocycles. The molecular formula is C23H23ClN4O4. The van der Waals surface area contributed by atoms with Crippen LogP contribution in [0.3, 0.4) is 0 Å². The molecular weight excluding hydrogens is 432 g/mol. The van der Waals surface area contributed by atoms with E-state index in [4.69, 9.17) is 11.6 Å². The number of hydrogen-bond donors (Lipinski definition) is 2. The third-order valence-electron chi connectivity index (χ3n) is 5.81. The van der Waals surface area contributed by atoms with Crippen LogP contribution in [0, 0.1) is 0 Å². The number of halogens is 1. The maximum Gasteiger partial charge on any atom is 0.261 e. The fraction of sp³-hybridized carbons (Fsp3) is 0.304. The topological polar surface area (TPSA) is 105 Å². The van der Waals surface area contributed by atoms with Crippen LogP contribution in [0.2, 0.25) is 5.02 Å². The predicted molar refractivity (Wildman–Crippen MR) is 120 cm³/mol. The summed E-state index contributed by atoms with van der Waals surface area (Å²) in [7, 11) is 0. The van der Waals surface area contributed by atoms with E-state index in [-0.39, 0.29) is 24.6 Å². The second-order valence-electron chi connectivity index (χ2n) is 7.89. The third kappa shape index (κ3) is 4.66. The minimum Gasteiger partial charge on any atom is -0.385 e. The van der Waals surface area contributed by atoms with Crippen LogP contribution in [0.25, 0.3) is 10.9 Å². The maximum atomic E-state index is 12.5. The zero-order valence-corrected chi connectivity index (χ0v) is 18.1. The zero-order valence-electron chi connectivity index (χ0n) is 17.3. The number of para-hydroxylation sites is 1. The first-order chi connectivity index (χ1) is 15.4. The quantitative estimate of drug-likeness (QED) is 0.610. The number of fused-ring (bicyclic) bond motifs is 1. The number of aliphatic hydroxyl groups is 1. The van der Waals surface area contributed by atoms with Crippen LogP contribution in [-0.2, 0) is 21.7 Å². The van der Waals surface area contributed by atoms with Crippen molar-refractivity contribution >= 4 is 34.3 Å². The lowest BCUT2D eigenvalue weighted by Gasteiger charge is -2.38. The van der Waals surface area contributed by atoms with Gasteiger partial charge in [-0.3, -0.25) is 19.0 Å². The molecule has 32 heavy (non-hydrogen) atoms. The summed E-state index contributed by atoms with van der Waals surface area (Å²) in [6.07, 6.45) is 2.12. The molecule has 1 fully saturated rings. The molecule has 2 N–H and O–H groups in total. The highest BCUT2D eigenvalue weighted by Crippen LogP contribution is 2.33. The summed E-state index contributed by atoms with van der Waals surface area (Å²) in [5.41, 5.74) is 0.0221. The van der Waals surface area contributed by atoms with Gasteiger partial charge in [0.2, 0.25) is 11.8 Å². The maximum absolute atomic E-state index is 12.5. The first kappa shape index (κ1) is 22.0. The van der Waals surface area contributed by atoms with E-state index in [1.807, 2.05) is 0 Å². The summed E-state index contributed by atoms with van der Waals surface area (Å²) >= 11 is 5.92. The Hall–Kier alpha value is -3.23. The Labute approximate surface area is 189 Å². The van der Waals surface area contributed by atoms with Gasteiger partial charge >= 0.3 is 0 Å². The van der Waals surface area contributed by atoms with Crippen LogP contribution in [0.5, 0.6) is 0 Å². The standard InChI is InChI=1S/C23H23ClN4O4/c24-17-7-5-16(6-8-17)23(32)9-11-27(12-10-23)21(30)13-25-20(29)14-28-15-26-19-4-2-1-3-18(19)22(28)31/h1-8,15,32H,9-14H2,(H,25,29). The molecule has 3 aromatic rings. The number of nitrogens with zero attached hydrogens (tertiary/aromatic N) is 3. The van der Waals surface area contributed by atoms with Gasteiger partial charge in [-0.15, -0.1) is 0 Å². The van der Waals surface area contributed by atoms with Crippen molar-refractivity contribution in [2.24, 2.45) is 0 Å². The Bertz CT molecular complexity index is 1200. The van der Waals surface area contributed by atoms with Crippen LogP contribution in [0.1, 0.15) is 18.4 Å². The highest BCUT2D eigenvalue weighted by atomic mass is 35.5. The van der Waals surface area contributed by atoms with Gasteiger partial charge in [-0.05, 0) is 42.7 Å². The van der Waals surface area contributed by atoms with Crippen LogP contribution >= 0.6 is 11.6 Å². The summed E-state index contributed by atoms with van der Waals surface area (Å²) in [5.74, 6) is -0.687. The number of amides is 2. The Balaban J connectivity index is 1.30. The molecule has 166 valence electrons. The van der Waals surface area contributed by atoms with Crippen molar-refractivity contribution in [2.75, 3.05) is 19.6 Å². The summed E-state index contributed by atoms with van der Waals surface area (Å²) in [6.45, 7) is 0.359. The lowest BCUT2D eigenvalue weighted by Crippen LogP contribution is -2.48. The lowest BCUT2D eigenvalue weighted by molar-refractivity contribution is -0.136. The number of piperidine rings is 1. The fourth-order valence-corrected chi connectivity index (χ4v) is 4.02. The van der Waals surface area contributed by atoms with E-state index in [0.717, 1.165) is 5.56 Å². The number of aromatic nitrogens is 2. The molecule has 0 atom stereocenters. The van der Waals surface area contributed by atoms with Crippen LogP contribution in [0.4, 0.5) is 0 Å². The van der Waals surface area contributed by atoms with Crippen LogP contribution in [-0.4, -0.2) is 51.0 Å². The second kappa shape index (κ2) is 9.10. The van der Waals surface area contributed by atoms with Crippen molar-refractivity contribution in [1.29, 1.82) is 0 Å². The molecule has 1 saturated heterocycles. The molecule has 0 radical (unpaired) electrons. The SMILES string of the molecule is O=C(Cn1cnc2ccccc2c1=O)NCC(=O)N1CCC(O)(c2ccc(Cl)cc2)CC1. The van der Waals surface area contributed by atoms with Crippen molar-refractivity contribution in [3.63, 3.8) is 0 Å². The molecule has 0 aliphatic carbocycles. The van der Waals surface area contributed by atoms with Crippen molar-refractivity contribution in [3.8, 4) is 0 Å². The second-order valence-corrected chi connectivity index (χ2v) is 8.33. The van der Waals surface area contributed by atoms with Gasteiger partial charge in [0.1, 0.15) is 6.54 Å². The first-order valence-corrected chi connectivity index (χ1v) is 10.7. The van der Waals surface area contributed by atoms with Crippen molar-refractivity contribution in [3.05, 3.63) is 75.8 Å². The molecule has 2 amide bonds. The molecule has 1 aliphatic rings. The highest BCUT2D eigenvalue weighted by molar-refractivity contribution is 6.30. The lowest BCUT2D eigenvalue weighted by atomic mass is 9.84. The van der Waals surface area contributed by atoms with E-state index in [1.54, 1.807) is 53.4 Å². The smallest absolute Gasteiger partial charge is 0.261 e. The number of benzene rings is 2. The van der Waals surface area contributed by atoms with Gasteiger partial charge in [0.15, 0.2) is 0 Å². The normalized spacial score (nSPS) is 15.5. The minimum atomic E-state index is -1.01. The molecule has 0 unspecified atom stereocenters. The van der Waals surface area contributed by atoms with E-state index < -0.39 is 11.5 Å². The van der Waals surface area contributed by atoms with E-state index in [2.05, 4.69) is 10.3 Å². The van der Waals surface area contributed by atoms with Gasteiger partial charge in [0.25, 0.3) is 5.56 Å². The van der Waals surface area contributed by atoms with Gasteiger partial charge in [-0.1, -0.05) is 35.9 Å². The molecule has 1 aromatic heterocycles. The van der Waals surface area contributed by atoms with E-state index in [9.17, 15) is 19.5 Å². The minimum absolute atomic E-state index is 0.173. The molecule has 0 bridgehead atoms. The average molecular weight is 455 g/mol. The Morgan fingerprint density at radius 2 is 1.78 bits per heavy atom. The van der Waals surface area contributed by atoms with Gasteiger partial charge in [0.05, 0.1) is 29.4 Å². The largest absolute Gasteiger partial charge is 0.385 e. The van der Waals surface area contributed by atoms with Gasteiger partial charge < -0.3 is 15.3 Å². The summed E-state index contributed by atoms with van der Waals surface area (Å²) in [4.78, 5) is 43.1. The molecule has 0 spiro atoms. The van der Waals surface area contributed by atoms with Crippen molar-refractivity contribution < 1.29 is 14.7 Å². The monoisotopic (exact) mass is 454 g/mol. The number of carbonyl (C=O) groups excluding carboxylic acids is 2. The van der Waals surface area contributed by atoms with E-state index >= 15 is 0 Å². The molecule has 4 rings (SSSR count). The average Bonchev–Trinajstić information content (AvgIpc) is 2.80. The predicted octanol–water partition coefficient (Wildman–Crippen LogP) is 1.68. The zero-order chi connectivity index (χ0) is 22.7. The molecule has 8 nitrogen and oxygen atoms in total. The van der Waals surface area contributed by atoms with E-state index in [1.165, 1.54) is 10.9 Å².